The van der Waals surface area contributed by atoms with E-state index in [0.29, 0.717) is 18.8 Å². The van der Waals surface area contributed by atoms with E-state index in [1.807, 2.05) is 0 Å². The van der Waals surface area contributed by atoms with E-state index in [1.165, 1.54) is 23.9 Å². The lowest BCUT2D eigenvalue weighted by Crippen LogP contribution is -2.27. The molecule has 19 heavy (non-hydrogen) atoms. The molecule has 0 saturated carbocycles. The predicted octanol–water partition coefficient (Wildman–Crippen LogP) is 2.98. The van der Waals surface area contributed by atoms with Gasteiger partial charge in [0, 0.05) is 25.3 Å². The number of carbonyl (C=O) groups is 2. The first kappa shape index (κ1) is 14.1. The molecule has 1 aliphatic rings. The van der Waals surface area contributed by atoms with Crippen LogP contribution in [0.1, 0.15) is 6.42 Å². The van der Waals surface area contributed by atoms with Crippen molar-refractivity contribution in [2.75, 3.05) is 24.2 Å². The molecule has 1 aliphatic heterocycles. The number of hydrogen-bond acceptors (Lipinski definition) is 3. The molecule has 1 heterocycles. The van der Waals surface area contributed by atoms with Crippen LogP contribution >= 0.6 is 23.4 Å². The third-order valence-corrected chi connectivity index (χ3v) is 3.86. The number of benzene rings is 1. The minimum absolute atomic E-state index is 0.00705. The zero-order valence-corrected chi connectivity index (χ0v) is 11.6. The maximum atomic E-state index is 12.8. The van der Waals surface area contributed by atoms with Gasteiger partial charge in [-0.1, -0.05) is 23.4 Å². The molecule has 4 nitrogen and oxygen atoms in total. The van der Waals surface area contributed by atoms with E-state index < -0.39 is 5.82 Å². The third-order valence-electron chi connectivity index (χ3n) is 2.66. The number of nitrogens with one attached hydrogen (secondary N) is 1. The standard InChI is InChI=1S/C12H12ClFN2O2S/c13-9-7-8(14)1-2-10(9)15-11(17)3-4-16-5-6-19-12(16)18/h1-2,7H,3-6H2,(H,15,17). The summed E-state index contributed by atoms with van der Waals surface area (Å²) in [4.78, 5) is 24.7. The van der Waals surface area contributed by atoms with Crippen molar-refractivity contribution in [1.29, 1.82) is 0 Å². The van der Waals surface area contributed by atoms with Gasteiger partial charge in [-0.05, 0) is 18.2 Å². The van der Waals surface area contributed by atoms with E-state index in [4.69, 9.17) is 11.6 Å². The Morgan fingerprint density at radius 3 is 2.95 bits per heavy atom. The van der Waals surface area contributed by atoms with Crippen LogP contribution in [0.15, 0.2) is 18.2 Å². The Hall–Kier alpha value is -1.27. The lowest BCUT2D eigenvalue weighted by Gasteiger charge is -2.14. The highest BCUT2D eigenvalue weighted by molar-refractivity contribution is 8.13. The van der Waals surface area contributed by atoms with Crippen molar-refractivity contribution in [2.24, 2.45) is 0 Å². The van der Waals surface area contributed by atoms with Crippen LogP contribution in [-0.2, 0) is 4.79 Å². The van der Waals surface area contributed by atoms with Crippen molar-refractivity contribution >= 4 is 40.2 Å². The second-order valence-corrected chi connectivity index (χ2v) is 5.48. The third kappa shape index (κ3) is 3.84. The van der Waals surface area contributed by atoms with Gasteiger partial charge in [0.25, 0.3) is 5.24 Å². The molecule has 0 atom stereocenters. The van der Waals surface area contributed by atoms with Gasteiger partial charge >= 0.3 is 0 Å². The minimum Gasteiger partial charge on any atom is -0.332 e. The fourth-order valence-electron chi connectivity index (χ4n) is 1.67. The van der Waals surface area contributed by atoms with Crippen molar-refractivity contribution < 1.29 is 14.0 Å². The molecule has 0 aliphatic carbocycles. The highest BCUT2D eigenvalue weighted by Gasteiger charge is 2.21. The van der Waals surface area contributed by atoms with Crippen molar-refractivity contribution in [2.45, 2.75) is 6.42 Å². The Balaban J connectivity index is 1.85. The molecule has 0 aromatic heterocycles. The number of amides is 2. The van der Waals surface area contributed by atoms with E-state index in [0.717, 1.165) is 11.8 Å². The Bertz CT molecular complexity index is 513. The van der Waals surface area contributed by atoms with Crippen molar-refractivity contribution in [3.8, 4) is 0 Å². The summed E-state index contributed by atoms with van der Waals surface area (Å²) in [5, 5.41) is 2.75. The average Bonchev–Trinajstić information content (AvgIpc) is 2.76. The van der Waals surface area contributed by atoms with E-state index >= 15 is 0 Å². The van der Waals surface area contributed by atoms with Gasteiger partial charge in [-0.15, -0.1) is 0 Å². The molecule has 2 amide bonds. The van der Waals surface area contributed by atoms with Crippen molar-refractivity contribution in [3.63, 3.8) is 0 Å². The number of anilines is 1. The molecule has 102 valence electrons. The zero-order valence-electron chi connectivity index (χ0n) is 9.99. The van der Waals surface area contributed by atoms with Crippen LogP contribution in [0, 0.1) is 5.82 Å². The summed E-state index contributed by atoms with van der Waals surface area (Å²) in [5.41, 5.74) is 0.371. The summed E-state index contributed by atoms with van der Waals surface area (Å²) in [5.74, 6) is 0.0606. The molecule has 0 radical (unpaired) electrons. The van der Waals surface area contributed by atoms with Crippen LogP contribution in [0.25, 0.3) is 0 Å². The maximum absolute atomic E-state index is 12.8. The predicted molar refractivity (Wildman–Crippen MR) is 74.1 cm³/mol. The Morgan fingerprint density at radius 1 is 1.53 bits per heavy atom. The molecule has 0 unspecified atom stereocenters. The Labute approximate surface area is 119 Å². The number of halogens is 2. The smallest absolute Gasteiger partial charge is 0.281 e. The van der Waals surface area contributed by atoms with Crippen LogP contribution < -0.4 is 5.32 Å². The molecule has 1 fully saturated rings. The number of rotatable bonds is 4. The normalized spacial score (nSPS) is 14.8. The SMILES string of the molecule is O=C(CCN1CCSC1=O)Nc1ccc(F)cc1Cl. The highest BCUT2D eigenvalue weighted by Crippen LogP contribution is 2.22. The topological polar surface area (TPSA) is 49.4 Å². The van der Waals surface area contributed by atoms with E-state index in [2.05, 4.69) is 5.32 Å². The second-order valence-electron chi connectivity index (χ2n) is 4.02. The van der Waals surface area contributed by atoms with Crippen LogP contribution in [0.3, 0.4) is 0 Å². The lowest BCUT2D eigenvalue weighted by molar-refractivity contribution is -0.116. The molecule has 0 bridgehead atoms. The summed E-state index contributed by atoms with van der Waals surface area (Å²) < 4.78 is 12.8. The van der Waals surface area contributed by atoms with Crippen molar-refractivity contribution in [3.05, 3.63) is 29.0 Å². The monoisotopic (exact) mass is 302 g/mol. The van der Waals surface area contributed by atoms with Gasteiger partial charge in [0.2, 0.25) is 5.91 Å². The lowest BCUT2D eigenvalue weighted by atomic mass is 10.3. The van der Waals surface area contributed by atoms with Crippen molar-refractivity contribution in [1.82, 2.24) is 4.90 Å². The van der Waals surface area contributed by atoms with Gasteiger partial charge in [0.15, 0.2) is 0 Å². The average molecular weight is 303 g/mol. The zero-order chi connectivity index (χ0) is 13.8. The van der Waals surface area contributed by atoms with Gasteiger partial charge < -0.3 is 10.2 Å². The highest BCUT2D eigenvalue weighted by atomic mass is 35.5. The molecule has 1 aromatic rings. The molecule has 0 spiro atoms. The van der Waals surface area contributed by atoms with E-state index in [1.54, 1.807) is 4.90 Å². The summed E-state index contributed by atoms with van der Waals surface area (Å²) in [6.45, 7) is 1.06. The van der Waals surface area contributed by atoms with Crippen LogP contribution in [-0.4, -0.2) is 34.9 Å². The molecule has 1 aromatic carbocycles. The van der Waals surface area contributed by atoms with E-state index in [9.17, 15) is 14.0 Å². The number of hydrogen-bond donors (Lipinski definition) is 1. The molecular formula is C12H12ClFN2O2S. The molecule has 7 heteroatoms. The quantitative estimate of drug-likeness (QED) is 0.930. The first-order valence-electron chi connectivity index (χ1n) is 5.73. The Morgan fingerprint density at radius 2 is 2.32 bits per heavy atom. The number of thioether (sulfide) groups is 1. The first-order chi connectivity index (χ1) is 9.06. The summed E-state index contributed by atoms with van der Waals surface area (Å²) in [7, 11) is 0. The van der Waals surface area contributed by atoms with Gasteiger partial charge in [0.05, 0.1) is 10.7 Å². The van der Waals surface area contributed by atoms with Gasteiger partial charge in [0.1, 0.15) is 5.82 Å². The van der Waals surface area contributed by atoms with Crippen LogP contribution in [0.5, 0.6) is 0 Å². The van der Waals surface area contributed by atoms with Gasteiger partial charge in [-0.3, -0.25) is 9.59 Å². The summed E-state index contributed by atoms with van der Waals surface area (Å²) in [6, 6.07) is 3.77. The number of carbonyl (C=O) groups excluding carboxylic acids is 2. The van der Waals surface area contributed by atoms with Gasteiger partial charge in [-0.2, -0.15) is 0 Å². The Kier molecular flexibility index (Phi) is 4.66. The minimum atomic E-state index is -0.456. The van der Waals surface area contributed by atoms with Gasteiger partial charge in [-0.25, -0.2) is 4.39 Å². The summed E-state index contributed by atoms with van der Waals surface area (Å²) >= 11 is 7.06. The second kappa shape index (κ2) is 6.25. The molecule has 1 N–H and O–H groups in total. The molecule has 1 saturated heterocycles. The summed E-state index contributed by atoms with van der Waals surface area (Å²) in [6.07, 6.45) is 0.194. The first-order valence-corrected chi connectivity index (χ1v) is 7.09. The molecular weight excluding hydrogens is 291 g/mol. The van der Waals surface area contributed by atoms with Crippen LogP contribution in [0.2, 0.25) is 5.02 Å². The number of nitrogens with zero attached hydrogens (tertiary/aromatic N) is 1. The molecule has 2 rings (SSSR count). The fraction of sp³-hybridized carbons (Fsp3) is 0.333. The van der Waals surface area contributed by atoms with E-state index in [-0.39, 0.29) is 22.6 Å². The van der Waals surface area contributed by atoms with Crippen LogP contribution in [0.4, 0.5) is 14.9 Å². The maximum Gasteiger partial charge on any atom is 0.281 e. The largest absolute Gasteiger partial charge is 0.332 e. The fourth-order valence-corrected chi connectivity index (χ4v) is 2.73.